The molecule has 0 saturated carbocycles. The third-order valence-corrected chi connectivity index (χ3v) is 2.89. The largest absolute Gasteiger partial charge is 0.358 e. The molecule has 0 saturated heterocycles. The van der Waals surface area contributed by atoms with Crippen molar-refractivity contribution in [2.45, 2.75) is 26.8 Å². The Bertz CT molecular complexity index is 420. The zero-order valence-electron chi connectivity index (χ0n) is 12.3. The molecule has 0 atom stereocenters. The summed E-state index contributed by atoms with van der Waals surface area (Å²) >= 11 is 0. The lowest BCUT2D eigenvalue weighted by molar-refractivity contribution is -0.119. The first-order valence-corrected chi connectivity index (χ1v) is 6.68. The van der Waals surface area contributed by atoms with Gasteiger partial charge in [0.25, 0.3) is 0 Å². The molecule has 5 heteroatoms. The van der Waals surface area contributed by atoms with Gasteiger partial charge >= 0.3 is 0 Å². The number of hydrogen-bond acceptors (Lipinski definition) is 4. The van der Waals surface area contributed by atoms with E-state index in [1.165, 1.54) is 0 Å². The molecule has 106 valence electrons. The van der Waals surface area contributed by atoms with Crippen LogP contribution in [0.1, 0.15) is 24.5 Å². The van der Waals surface area contributed by atoms with Gasteiger partial charge in [-0.05, 0) is 37.6 Å². The predicted octanol–water partition coefficient (Wildman–Crippen LogP) is 1.07. The lowest BCUT2D eigenvalue weighted by Crippen LogP contribution is -2.37. The number of aromatic nitrogens is 1. The summed E-state index contributed by atoms with van der Waals surface area (Å²) in [5.41, 5.74) is 2.25. The molecule has 0 aromatic carbocycles. The molecule has 0 spiro atoms. The lowest BCUT2D eigenvalue weighted by Gasteiger charge is -2.24. The number of anilines is 1. The number of pyridine rings is 1. The van der Waals surface area contributed by atoms with Crippen LogP contribution in [-0.2, 0) is 11.3 Å². The monoisotopic (exact) mass is 264 g/mol. The van der Waals surface area contributed by atoms with E-state index in [0.717, 1.165) is 36.5 Å². The normalized spacial score (nSPS) is 10.3. The summed E-state index contributed by atoms with van der Waals surface area (Å²) in [5, 5.41) is 5.77. The number of likely N-dealkylation sites (N-methyl/N-ethyl adjacent to an activating group) is 1. The van der Waals surface area contributed by atoms with Crippen molar-refractivity contribution in [2.75, 3.05) is 32.1 Å². The van der Waals surface area contributed by atoms with Gasteiger partial charge in [0.2, 0.25) is 5.91 Å². The van der Waals surface area contributed by atoms with Crippen LogP contribution >= 0.6 is 0 Å². The summed E-state index contributed by atoms with van der Waals surface area (Å²) in [6.07, 6.45) is 2.85. The topological polar surface area (TPSA) is 57.3 Å². The van der Waals surface area contributed by atoms with Gasteiger partial charge in [-0.3, -0.25) is 4.79 Å². The Kier molecular flexibility index (Phi) is 6.29. The van der Waals surface area contributed by atoms with Crippen molar-refractivity contribution in [3.63, 3.8) is 0 Å². The minimum atomic E-state index is 0.00829. The zero-order chi connectivity index (χ0) is 14.3. The van der Waals surface area contributed by atoms with E-state index in [9.17, 15) is 4.79 Å². The van der Waals surface area contributed by atoms with Crippen molar-refractivity contribution in [1.29, 1.82) is 0 Å². The molecule has 0 aliphatic rings. The summed E-state index contributed by atoms with van der Waals surface area (Å²) in [6, 6.07) is 2.12. The Labute approximate surface area is 115 Å². The summed E-state index contributed by atoms with van der Waals surface area (Å²) in [7, 11) is 3.57. The molecule has 0 fully saturated rings. The smallest absolute Gasteiger partial charge is 0.239 e. The number of amides is 1. The molecule has 5 nitrogen and oxygen atoms in total. The molecule has 1 rings (SSSR count). The number of aryl methyl sites for hydroxylation is 1. The third kappa shape index (κ3) is 4.52. The van der Waals surface area contributed by atoms with Gasteiger partial charge < -0.3 is 15.5 Å². The fourth-order valence-corrected chi connectivity index (χ4v) is 2.04. The van der Waals surface area contributed by atoms with Crippen LogP contribution in [0.5, 0.6) is 0 Å². The summed E-state index contributed by atoms with van der Waals surface area (Å²) < 4.78 is 0. The van der Waals surface area contributed by atoms with Crippen LogP contribution in [-0.4, -0.2) is 38.1 Å². The average molecular weight is 264 g/mol. The minimum absolute atomic E-state index is 0.00829. The molecular weight excluding hydrogens is 240 g/mol. The van der Waals surface area contributed by atoms with Gasteiger partial charge in [0.15, 0.2) is 0 Å². The van der Waals surface area contributed by atoms with E-state index < -0.39 is 0 Å². The van der Waals surface area contributed by atoms with Crippen molar-refractivity contribution in [3.8, 4) is 0 Å². The Morgan fingerprint density at radius 2 is 2.16 bits per heavy atom. The van der Waals surface area contributed by atoms with E-state index in [-0.39, 0.29) is 5.91 Å². The van der Waals surface area contributed by atoms with Crippen molar-refractivity contribution >= 4 is 11.7 Å². The van der Waals surface area contributed by atoms with Crippen LogP contribution in [0, 0.1) is 6.92 Å². The maximum atomic E-state index is 11.6. The van der Waals surface area contributed by atoms with Gasteiger partial charge in [0.05, 0.1) is 6.54 Å². The fourth-order valence-electron chi connectivity index (χ4n) is 2.04. The van der Waals surface area contributed by atoms with Crippen molar-refractivity contribution in [3.05, 3.63) is 23.4 Å². The SMILES string of the molecule is CCCN(CC(=O)NC)c1ncc(CNC)cc1C. The lowest BCUT2D eigenvalue weighted by atomic mass is 10.2. The molecule has 1 heterocycles. The highest BCUT2D eigenvalue weighted by atomic mass is 16.1. The van der Waals surface area contributed by atoms with E-state index >= 15 is 0 Å². The minimum Gasteiger partial charge on any atom is -0.358 e. The Morgan fingerprint density at radius 3 is 2.68 bits per heavy atom. The third-order valence-electron chi connectivity index (χ3n) is 2.89. The number of carbonyl (C=O) groups is 1. The van der Waals surface area contributed by atoms with E-state index in [4.69, 9.17) is 0 Å². The highest BCUT2D eigenvalue weighted by molar-refractivity contribution is 5.80. The van der Waals surface area contributed by atoms with Gasteiger partial charge in [0, 0.05) is 26.3 Å². The molecule has 1 amide bonds. The van der Waals surface area contributed by atoms with E-state index in [0.29, 0.717) is 6.54 Å². The maximum absolute atomic E-state index is 11.6. The molecule has 0 aliphatic heterocycles. The average Bonchev–Trinajstić information content (AvgIpc) is 2.39. The standard InChI is InChI=1S/C14H24N4O/c1-5-6-18(10-13(19)16-4)14-11(2)7-12(8-15-3)9-17-14/h7,9,15H,5-6,8,10H2,1-4H3,(H,16,19). The maximum Gasteiger partial charge on any atom is 0.239 e. The molecule has 0 aliphatic carbocycles. The number of rotatable bonds is 7. The second kappa shape index (κ2) is 7.74. The van der Waals surface area contributed by atoms with Crippen LogP contribution in [0.4, 0.5) is 5.82 Å². The summed E-state index contributed by atoms with van der Waals surface area (Å²) in [5.74, 6) is 0.902. The molecule has 0 unspecified atom stereocenters. The van der Waals surface area contributed by atoms with Gasteiger partial charge in [0.1, 0.15) is 5.82 Å². The van der Waals surface area contributed by atoms with E-state index in [1.54, 1.807) is 7.05 Å². The van der Waals surface area contributed by atoms with Gasteiger partial charge in [-0.25, -0.2) is 4.98 Å². The van der Waals surface area contributed by atoms with E-state index in [1.807, 2.05) is 25.1 Å². The van der Waals surface area contributed by atoms with Crippen LogP contribution in [0.2, 0.25) is 0 Å². The molecule has 2 N–H and O–H groups in total. The predicted molar refractivity (Wildman–Crippen MR) is 78.3 cm³/mol. The summed E-state index contributed by atoms with van der Waals surface area (Å²) in [4.78, 5) is 18.1. The zero-order valence-corrected chi connectivity index (χ0v) is 12.3. The van der Waals surface area contributed by atoms with Gasteiger partial charge in [-0.2, -0.15) is 0 Å². The highest BCUT2D eigenvalue weighted by Gasteiger charge is 2.13. The Balaban J connectivity index is 2.92. The van der Waals surface area contributed by atoms with E-state index in [2.05, 4.69) is 28.6 Å². The van der Waals surface area contributed by atoms with Gasteiger partial charge in [-0.1, -0.05) is 6.92 Å². The molecule has 0 bridgehead atoms. The number of carbonyl (C=O) groups excluding carboxylic acids is 1. The molecule has 19 heavy (non-hydrogen) atoms. The second-order valence-electron chi connectivity index (χ2n) is 4.61. The molecule has 1 aromatic heterocycles. The quantitative estimate of drug-likeness (QED) is 0.773. The molecular formula is C14H24N4O. The summed E-state index contributed by atoms with van der Waals surface area (Å²) in [6.45, 7) is 6.11. The van der Waals surface area contributed by atoms with Crippen LogP contribution < -0.4 is 15.5 Å². The van der Waals surface area contributed by atoms with Crippen LogP contribution in [0.15, 0.2) is 12.3 Å². The van der Waals surface area contributed by atoms with Gasteiger partial charge in [-0.15, -0.1) is 0 Å². The number of hydrogen-bond donors (Lipinski definition) is 2. The van der Waals surface area contributed by atoms with Crippen LogP contribution in [0.3, 0.4) is 0 Å². The number of nitrogens with one attached hydrogen (secondary N) is 2. The first kappa shape index (κ1) is 15.4. The van der Waals surface area contributed by atoms with Crippen LogP contribution in [0.25, 0.3) is 0 Å². The Hall–Kier alpha value is -1.62. The first-order valence-electron chi connectivity index (χ1n) is 6.68. The second-order valence-corrected chi connectivity index (χ2v) is 4.61. The Morgan fingerprint density at radius 1 is 1.42 bits per heavy atom. The van der Waals surface area contributed by atoms with Crippen molar-refractivity contribution in [1.82, 2.24) is 15.6 Å². The number of nitrogens with zero attached hydrogens (tertiary/aromatic N) is 2. The van der Waals surface area contributed by atoms with Crippen molar-refractivity contribution in [2.24, 2.45) is 0 Å². The van der Waals surface area contributed by atoms with Crippen molar-refractivity contribution < 1.29 is 4.79 Å². The molecule has 0 radical (unpaired) electrons. The fraction of sp³-hybridized carbons (Fsp3) is 0.571. The first-order chi connectivity index (χ1) is 9.12. The highest BCUT2D eigenvalue weighted by Crippen LogP contribution is 2.18. The molecule has 1 aromatic rings.